The van der Waals surface area contributed by atoms with Crippen LogP contribution in [0.3, 0.4) is 0 Å². The number of hydrogen-bond acceptors (Lipinski definition) is 3. The first-order valence-corrected chi connectivity index (χ1v) is 9.08. The van der Waals surface area contributed by atoms with Gasteiger partial charge in [-0.1, -0.05) is 18.2 Å². The van der Waals surface area contributed by atoms with Crippen LogP contribution in [0, 0.1) is 0 Å². The van der Waals surface area contributed by atoms with E-state index >= 15 is 0 Å². The van der Waals surface area contributed by atoms with Crippen molar-refractivity contribution in [2.45, 2.75) is 18.6 Å². The Morgan fingerprint density at radius 2 is 1.78 bits per heavy atom. The number of thiophene rings is 1. The zero-order valence-electron chi connectivity index (χ0n) is 11.6. The highest BCUT2D eigenvalue weighted by Gasteiger charge is 2.50. The van der Waals surface area contributed by atoms with Crippen LogP contribution in [-0.4, -0.2) is 18.2 Å². The Morgan fingerprint density at radius 1 is 1.04 bits per heavy atom. The molecule has 0 saturated heterocycles. The molecule has 0 saturated carbocycles. The first-order chi connectivity index (χ1) is 10.8. The molecule has 0 spiro atoms. The lowest BCUT2D eigenvalue weighted by Crippen LogP contribution is -2.41. The van der Waals surface area contributed by atoms with Crippen LogP contribution < -0.4 is 0 Å². The van der Waals surface area contributed by atoms with Gasteiger partial charge in [0.15, 0.2) is 0 Å². The van der Waals surface area contributed by atoms with Gasteiger partial charge in [0.2, 0.25) is 0 Å². The largest absolute Gasteiger partial charge is 0.511 e. The summed E-state index contributed by atoms with van der Waals surface area (Å²) in [6.45, 7) is -0.523. The number of halogens is 3. The highest BCUT2D eigenvalue weighted by molar-refractivity contribution is 7.89. The van der Waals surface area contributed by atoms with Crippen molar-refractivity contribution in [3.05, 3.63) is 46.8 Å². The lowest BCUT2D eigenvalue weighted by atomic mass is 9.94. The quantitative estimate of drug-likeness (QED) is 0.654. The second kappa shape index (κ2) is 4.68. The third-order valence-corrected chi connectivity index (χ3v) is 6.48. The van der Waals surface area contributed by atoms with Gasteiger partial charge in [-0.3, -0.25) is 0 Å². The van der Waals surface area contributed by atoms with Crippen LogP contribution in [0.25, 0.3) is 20.9 Å². The van der Waals surface area contributed by atoms with Crippen LogP contribution in [0.4, 0.5) is 13.2 Å². The monoisotopic (exact) mass is 357 g/mol. The van der Waals surface area contributed by atoms with Crippen LogP contribution in [0.1, 0.15) is 11.1 Å². The molecule has 2 heterocycles. The fraction of sp³-hybridized carbons (Fsp3) is 0.200. The molecule has 2 aromatic carbocycles. The molecule has 4 rings (SSSR count). The summed E-state index contributed by atoms with van der Waals surface area (Å²) in [6, 6.07) is 9.13. The van der Waals surface area contributed by atoms with Crippen molar-refractivity contribution in [2.75, 3.05) is 0 Å². The third-order valence-electron chi connectivity index (χ3n) is 4.09. The fourth-order valence-electron chi connectivity index (χ4n) is 3.10. The predicted octanol–water partition coefficient (Wildman–Crippen LogP) is 4.22. The zero-order valence-corrected chi connectivity index (χ0v) is 13.2. The molecule has 0 N–H and O–H groups in total. The standard InChI is InChI=1S/C15H10F3NO2S2/c16-15(17,18)23(20,21)19-7-9-2-1-3-12-11-4-5-22-13(11)6-10(8-19)14(9)12/h1-6H,7-8H2. The minimum Gasteiger partial charge on any atom is -0.203 e. The fourth-order valence-corrected chi connectivity index (χ4v) is 4.88. The average molecular weight is 357 g/mol. The van der Waals surface area contributed by atoms with Gasteiger partial charge in [0.25, 0.3) is 0 Å². The van der Waals surface area contributed by atoms with Crippen molar-refractivity contribution in [3.8, 4) is 0 Å². The summed E-state index contributed by atoms with van der Waals surface area (Å²) in [7, 11) is -5.34. The number of sulfonamides is 1. The van der Waals surface area contributed by atoms with E-state index in [1.54, 1.807) is 18.2 Å². The summed E-state index contributed by atoms with van der Waals surface area (Å²) in [4.78, 5) is 0. The first kappa shape index (κ1) is 14.9. The van der Waals surface area contributed by atoms with E-state index in [0.717, 1.165) is 20.9 Å². The number of benzene rings is 2. The van der Waals surface area contributed by atoms with E-state index in [0.29, 0.717) is 15.4 Å². The van der Waals surface area contributed by atoms with E-state index in [1.165, 1.54) is 11.3 Å². The van der Waals surface area contributed by atoms with E-state index in [-0.39, 0.29) is 13.1 Å². The Bertz CT molecular complexity index is 1040. The Hall–Kier alpha value is -1.64. The Morgan fingerprint density at radius 3 is 2.52 bits per heavy atom. The minimum atomic E-state index is -5.34. The molecule has 0 radical (unpaired) electrons. The van der Waals surface area contributed by atoms with Crippen molar-refractivity contribution in [1.82, 2.24) is 4.31 Å². The van der Waals surface area contributed by atoms with Gasteiger partial charge in [0.05, 0.1) is 0 Å². The van der Waals surface area contributed by atoms with Crippen LogP contribution in [0.2, 0.25) is 0 Å². The van der Waals surface area contributed by atoms with Gasteiger partial charge in [0, 0.05) is 23.2 Å². The molecule has 3 nitrogen and oxygen atoms in total. The average Bonchev–Trinajstić information content (AvgIpc) is 2.94. The lowest BCUT2D eigenvalue weighted by molar-refractivity contribution is -0.0494. The molecule has 0 bridgehead atoms. The predicted molar refractivity (Wildman–Crippen MR) is 83.6 cm³/mol. The van der Waals surface area contributed by atoms with Crippen molar-refractivity contribution in [2.24, 2.45) is 0 Å². The molecular formula is C15H10F3NO2S2. The highest BCUT2D eigenvalue weighted by atomic mass is 32.2. The topological polar surface area (TPSA) is 37.4 Å². The van der Waals surface area contributed by atoms with E-state index in [9.17, 15) is 21.6 Å². The molecular weight excluding hydrogens is 347 g/mol. The van der Waals surface area contributed by atoms with Crippen LogP contribution >= 0.6 is 11.3 Å². The third kappa shape index (κ3) is 2.09. The number of fused-ring (bicyclic) bond motifs is 2. The van der Waals surface area contributed by atoms with Crippen molar-refractivity contribution < 1.29 is 21.6 Å². The van der Waals surface area contributed by atoms with Gasteiger partial charge in [0.1, 0.15) is 0 Å². The molecule has 0 unspecified atom stereocenters. The molecule has 3 aromatic rings. The molecule has 0 atom stereocenters. The Labute approximate surface area is 134 Å². The van der Waals surface area contributed by atoms with Gasteiger partial charge >= 0.3 is 15.5 Å². The molecule has 120 valence electrons. The number of alkyl halides is 3. The van der Waals surface area contributed by atoms with Gasteiger partial charge in [-0.15, -0.1) is 11.3 Å². The maximum atomic E-state index is 12.9. The Balaban J connectivity index is 1.96. The smallest absolute Gasteiger partial charge is 0.203 e. The number of rotatable bonds is 1. The van der Waals surface area contributed by atoms with Crippen molar-refractivity contribution in [1.29, 1.82) is 0 Å². The van der Waals surface area contributed by atoms with E-state index in [4.69, 9.17) is 0 Å². The Kier molecular flexibility index (Phi) is 3.04. The van der Waals surface area contributed by atoms with E-state index in [1.807, 2.05) is 17.5 Å². The maximum absolute atomic E-state index is 12.9. The molecule has 1 aromatic heterocycles. The van der Waals surface area contributed by atoms with Crippen LogP contribution in [0.15, 0.2) is 35.7 Å². The molecule has 8 heteroatoms. The van der Waals surface area contributed by atoms with Crippen LogP contribution in [0.5, 0.6) is 0 Å². The molecule has 23 heavy (non-hydrogen) atoms. The summed E-state index contributed by atoms with van der Waals surface area (Å²) in [6.07, 6.45) is 0. The molecule has 1 aliphatic heterocycles. The summed E-state index contributed by atoms with van der Waals surface area (Å²) < 4.78 is 63.5. The van der Waals surface area contributed by atoms with Crippen LogP contribution in [-0.2, 0) is 23.1 Å². The maximum Gasteiger partial charge on any atom is 0.511 e. The number of hydrogen-bond donors (Lipinski definition) is 0. The number of nitrogens with zero attached hydrogens (tertiary/aromatic N) is 1. The van der Waals surface area contributed by atoms with Gasteiger partial charge in [-0.25, -0.2) is 8.42 Å². The zero-order chi connectivity index (χ0) is 16.4. The van der Waals surface area contributed by atoms with E-state index in [2.05, 4.69) is 0 Å². The molecule has 1 aliphatic rings. The second-order valence-electron chi connectivity index (χ2n) is 5.43. The van der Waals surface area contributed by atoms with E-state index < -0.39 is 15.5 Å². The first-order valence-electron chi connectivity index (χ1n) is 6.76. The molecule has 0 aliphatic carbocycles. The van der Waals surface area contributed by atoms with Crippen molar-refractivity contribution >= 4 is 42.2 Å². The van der Waals surface area contributed by atoms with Gasteiger partial charge < -0.3 is 0 Å². The summed E-state index contributed by atoms with van der Waals surface area (Å²) >= 11 is 1.49. The molecule has 0 amide bonds. The van der Waals surface area contributed by atoms with Gasteiger partial charge in [-0.2, -0.15) is 17.5 Å². The molecule has 0 fully saturated rings. The summed E-state index contributed by atoms with van der Waals surface area (Å²) in [5.74, 6) is 0. The summed E-state index contributed by atoms with van der Waals surface area (Å²) in [5, 5.41) is 4.79. The lowest BCUT2D eigenvalue weighted by Gasteiger charge is -2.29. The SMILES string of the molecule is O=S(=O)(N1Cc2cccc3c2c(cc2sccc23)C1)C(F)(F)F. The summed E-state index contributed by atoms with van der Waals surface area (Å²) in [5.41, 5.74) is -4.07. The second-order valence-corrected chi connectivity index (χ2v) is 8.30. The van der Waals surface area contributed by atoms with Gasteiger partial charge in [-0.05, 0) is 39.4 Å². The minimum absolute atomic E-state index is 0.261. The normalized spacial score (nSPS) is 16.3. The highest BCUT2D eigenvalue weighted by Crippen LogP contribution is 2.39. The van der Waals surface area contributed by atoms with Crippen molar-refractivity contribution in [3.63, 3.8) is 0 Å².